The van der Waals surface area contributed by atoms with E-state index in [0.29, 0.717) is 13.2 Å². The summed E-state index contributed by atoms with van der Waals surface area (Å²) >= 11 is 0. The molecule has 0 fully saturated rings. The van der Waals surface area contributed by atoms with Crippen LogP contribution in [0.1, 0.15) is 12.5 Å². The Hall–Kier alpha value is -1.49. The number of nitrogens with one attached hydrogen (secondary N) is 1. The number of rotatable bonds is 6. The quantitative estimate of drug-likeness (QED) is 0.776. The molecule has 0 saturated heterocycles. The maximum absolute atomic E-state index is 10.7. The van der Waals surface area contributed by atoms with Crippen LogP contribution in [0.25, 0.3) is 10.9 Å². The maximum atomic E-state index is 10.7. The summed E-state index contributed by atoms with van der Waals surface area (Å²) in [5.74, 6) is 0. The van der Waals surface area contributed by atoms with Crippen molar-refractivity contribution in [3.8, 4) is 0 Å². The fraction of sp³-hybridized carbons (Fsp3) is 0.400. The molecule has 102 valence electrons. The molecule has 2 N–H and O–H groups in total. The van der Waals surface area contributed by atoms with Crippen LogP contribution in [-0.2, 0) is 10.3 Å². The topological polar surface area (TPSA) is 54.4 Å². The third kappa shape index (κ3) is 3.29. The molecule has 1 aromatic heterocycles. The Morgan fingerprint density at radius 2 is 2.16 bits per heavy atom. The number of fused-ring (bicyclic) bond motifs is 1. The minimum atomic E-state index is -0.934. The van der Waals surface area contributed by atoms with E-state index in [4.69, 9.17) is 4.74 Å². The van der Waals surface area contributed by atoms with Crippen LogP contribution in [0.4, 0.5) is 0 Å². The molecule has 0 aliphatic carbocycles. The maximum Gasteiger partial charge on any atom is 0.0998 e. The molecule has 1 atom stereocenters. The van der Waals surface area contributed by atoms with Gasteiger partial charge in [0.05, 0.1) is 17.7 Å². The summed E-state index contributed by atoms with van der Waals surface area (Å²) in [6.07, 6.45) is 1.76. The van der Waals surface area contributed by atoms with Gasteiger partial charge in [0.25, 0.3) is 0 Å². The number of hydrogen-bond acceptors (Lipinski definition) is 4. The van der Waals surface area contributed by atoms with Crippen molar-refractivity contribution in [2.24, 2.45) is 0 Å². The average Bonchev–Trinajstić information content (AvgIpc) is 2.43. The van der Waals surface area contributed by atoms with Gasteiger partial charge in [-0.05, 0) is 24.6 Å². The SMILES string of the molecule is COCCNCC(C)(O)c1cccc2ncccc12. The van der Waals surface area contributed by atoms with Crippen molar-refractivity contribution in [3.05, 3.63) is 42.1 Å². The summed E-state index contributed by atoms with van der Waals surface area (Å²) in [6, 6.07) is 9.70. The fourth-order valence-electron chi connectivity index (χ4n) is 2.17. The van der Waals surface area contributed by atoms with Gasteiger partial charge in [0.2, 0.25) is 0 Å². The number of nitrogens with zero attached hydrogens (tertiary/aromatic N) is 1. The summed E-state index contributed by atoms with van der Waals surface area (Å²) in [5.41, 5.74) is 0.858. The third-order valence-corrected chi connectivity index (χ3v) is 3.18. The number of pyridine rings is 1. The Balaban J connectivity index is 2.22. The first-order valence-electron chi connectivity index (χ1n) is 6.41. The number of ether oxygens (including phenoxy) is 1. The van der Waals surface area contributed by atoms with Crippen LogP contribution in [0.2, 0.25) is 0 Å². The molecule has 0 saturated carbocycles. The van der Waals surface area contributed by atoms with Gasteiger partial charge in [0, 0.05) is 31.8 Å². The molecule has 0 bridgehead atoms. The Morgan fingerprint density at radius 3 is 2.95 bits per heavy atom. The molecule has 0 spiro atoms. The van der Waals surface area contributed by atoms with Crippen molar-refractivity contribution in [1.29, 1.82) is 0 Å². The van der Waals surface area contributed by atoms with E-state index in [1.165, 1.54) is 0 Å². The lowest BCUT2D eigenvalue weighted by Gasteiger charge is -2.25. The van der Waals surface area contributed by atoms with E-state index in [9.17, 15) is 5.11 Å². The van der Waals surface area contributed by atoms with E-state index in [1.807, 2.05) is 37.3 Å². The first kappa shape index (κ1) is 13.9. The zero-order chi connectivity index (χ0) is 13.7. The van der Waals surface area contributed by atoms with Crippen LogP contribution >= 0.6 is 0 Å². The van der Waals surface area contributed by atoms with Gasteiger partial charge in [0.1, 0.15) is 0 Å². The second-order valence-electron chi connectivity index (χ2n) is 4.82. The van der Waals surface area contributed by atoms with E-state index < -0.39 is 5.60 Å². The van der Waals surface area contributed by atoms with E-state index in [1.54, 1.807) is 13.3 Å². The molecular weight excluding hydrogens is 240 g/mol. The Bertz CT molecular complexity index is 535. The van der Waals surface area contributed by atoms with Crippen LogP contribution in [-0.4, -0.2) is 36.9 Å². The van der Waals surface area contributed by atoms with Gasteiger partial charge in [-0.3, -0.25) is 4.98 Å². The second kappa shape index (κ2) is 6.10. The monoisotopic (exact) mass is 260 g/mol. The summed E-state index contributed by atoms with van der Waals surface area (Å²) < 4.78 is 4.98. The van der Waals surface area contributed by atoms with Crippen LogP contribution in [0, 0.1) is 0 Å². The molecule has 0 radical (unpaired) electrons. The number of benzene rings is 1. The van der Waals surface area contributed by atoms with Crippen molar-refractivity contribution in [3.63, 3.8) is 0 Å². The number of aromatic nitrogens is 1. The molecule has 2 rings (SSSR count). The van der Waals surface area contributed by atoms with Gasteiger partial charge in [0.15, 0.2) is 0 Å². The van der Waals surface area contributed by atoms with Crippen LogP contribution in [0.15, 0.2) is 36.5 Å². The Kier molecular flexibility index (Phi) is 4.47. The Morgan fingerprint density at radius 1 is 1.32 bits per heavy atom. The fourth-order valence-corrected chi connectivity index (χ4v) is 2.17. The lowest BCUT2D eigenvalue weighted by atomic mass is 9.92. The van der Waals surface area contributed by atoms with Crippen LogP contribution in [0.3, 0.4) is 0 Å². The summed E-state index contributed by atoms with van der Waals surface area (Å²) in [5, 5.41) is 14.8. The highest BCUT2D eigenvalue weighted by molar-refractivity contribution is 5.82. The average molecular weight is 260 g/mol. The van der Waals surface area contributed by atoms with Crippen molar-refractivity contribution in [2.45, 2.75) is 12.5 Å². The second-order valence-corrected chi connectivity index (χ2v) is 4.82. The molecule has 4 heteroatoms. The molecule has 19 heavy (non-hydrogen) atoms. The van der Waals surface area contributed by atoms with Crippen LogP contribution < -0.4 is 5.32 Å². The molecule has 4 nitrogen and oxygen atoms in total. The molecular formula is C15H20N2O2. The molecule has 0 amide bonds. The largest absolute Gasteiger partial charge is 0.384 e. The Labute approximate surface area is 113 Å². The minimum Gasteiger partial charge on any atom is -0.384 e. The molecule has 0 aliphatic rings. The van der Waals surface area contributed by atoms with E-state index >= 15 is 0 Å². The van der Waals surface area contributed by atoms with Crippen molar-refractivity contribution < 1.29 is 9.84 Å². The van der Waals surface area contributed by atoms with Gasteiger partial charge >= 0.3 is 0 Å². The van der Waals surface area contributed by atoms with Crippen molar-refractivity contribution in [2.75, 3.05) is 26.8 Å². The summed E-state index contributed by atoms with van der Waals surface area (Å²) in [6.45, 7) is 3.64. The first-order chi connectivity index (χ1) is 9.15. The van der Waals surface area contributed by atoms with Crippen LogP contribution in [0.5, 0.6) is 0 Å². The van der Waals surface area contributed by atoms with Gasteiger partial charge in [-0.15, -0.1) is 0 Å². The van der Waals surface area contributed by atoms with Crippen molar-refractivity contribution >= 4 is 10.9 Å². The number of methoxy groups -OCH3 is 1. The number of aliphatic hydroxyl groups is 1. The molecule has 1 heterocycles. The minimum absolute atomic E-state index is 0.477. The van der Waals surface area contributed by atoms with E-state index in [0.717, 1.165) is 23.0 Å². The van der Waals surface area contributed by atoms with Crippen molar-refractivity contribution in [1.82, 2.24) is 10.3 Å². The summed E-state index contributed by atoms with van der Waals surface area (Å²) in [4.78, 5) is 4.31. The van der Waals surface area contributed by atoms with Gasteiger partial charge < -0.3 is 15.2 Å². The standard InChI is InChI=1S/C15H20N2O2/c1-15(18,11-16-9-10-19-2)13-6-3-7-14-12(13)5-4-8-17-14/h3-8,16,18H,9-11H2,1-2H3. The highest BCUT2D eigenvalue weighted by Gasteiger charge is 2.24. The number of hydrogen-bond donors (Lipinski definition) is 2. The van der Waals surface area contributed by atoms with Gasteiger partial charge in [-0.25, -0.2) is 0 Å². The lowest BCUT2D eigenvalue weighted by Crippen LogP contribution is -2.37. The third-order valence-electron chi connectivity index (χ3n) is 3.18. The molecule has 1 aromatic carbocycles. The predicted molar refractivity (Wildman–Crippen MR) is 76.1 cm³/mol. The predicted octanol–water partition coefficient (Wildman–Crippen LogP) is 1.68. The van der Waals surface area contributed by atoms with Gasteiger partial charge in [-0.2, -0.15) is 0 Å². The van der Waals surface area contributed by atoms with E-state index in [2.05, 4.69) is 10.3 Å². The highest BCUT2D eigenvalue weighted by atomic mass is 16.5. The van der Waals surface area contributed by atoms with E-state index in [-0.39, 0.29) is 0 Å². The van der Waals surface area contributed by atoms with Gasteiger partial charge in [-0.1, -0.05) is 18.2 Å². The zero-order valence-electron chi connectivity index (χ0n) is 11.4. The smallest absolute Gasteiger partial charge is 0.0998 e. The normalized spacial score (nSPS) is 14.5. The molecule has 0 aliphatic heterocycles. The molecule has 1 unspecified atom stereocenters. The summed E-state index contributed by atoms with van der Waals surface area (Å²) in [7, 11) is 1.66. The highest BCUT2D eigenvalue weighted by Crippen LogP contribution is 2.27. The zero-order valence-corrected chi connectivity index (χ0v) is 11.4. The molecule has 2 aromatic rings. The lowest BCUT2D eigenvalue weighted by molar-refractivity contribution is 0.0564. The first-order valence-corrected chi connectivity index (χ1v) is 6.41.